The van der Waals surface area contributed by atoms with Crippen LogP contribution in [0.3, 0.4) is 0 Å². The minimum absolute atomic E-state index is 0.00144. The Labute approximate surface area is 380 Å². The summed E-state index contributed by atoms with van der Waals surface area (Å²) < 4.78 is 8.31. The van der Waals surface area contributed by atoms with Crippen LogP contribution in [0.5, 0.6) is 5.75 Å². The van der Waals surface area contributed by atoms with Crippen LogP contribution in [0.4, 0.5) is 5.95 Å². The first-order valence-electron chi connectivity index (χ1n) is 22.4. The summed E-state index contributed by atoms with van der Waals surface area (Å²) in [7, 11) is 0. The highest BCUT2D eigenvalue weighted by Crippen LogP contribution is 2.48. The van der Waals surface area contributed by atoms with E-state index >= 15 is 0 Å². The summed E-state index contributed by atoms with van der Waals surface area (Å²) in [5.74, 6) is -0.168. The molecule has 16 heteroatoms. The maximum Gasteiger partial charge on any atom is 0.243 e. The molecule has 0 spiro atoms. The van der Waals surface area contributed by atoms with E-state index in [2.05, 4.69) is 54.2 Å². The second-order valence-electron chi connectivity index (χ2n) is 18.5. The third-order valence-corrected chi connectivity index (χ3v) is 14.5. The molecular formula is C49H52N10O5S. The number of thiazole rings is 1. The highest BCUT2D eigenvalue weighted by Gasteiger charge is 2.45. The van der Waals surface area contributed by atoms with Gasteiger partial charge in [0.25, 0.3) is 0 Å². The van der Waals surface area contributed by atoms with Crippen LogP contribution < -0.4 is 10.2 Å². The van der Waals surface area contributed by atoms with Crippen molar-refractivity contribution in [2.45, 2.75) is 95.9 Å². The molecule has 0 radical (unpaired) electrons. The number of anilines is 1. The zero-order valence-corrected chi connectivity index (χ0v) is 37.9. The number of benzene rings is 2. The normalized spacial score (nSPS) is 20.1. The van der Waals surface area contributed by atoms with E-state index < -0.39 is 18.1 Å². The largest absolute Gasteiger partial charge is 0.507 e. The molecule has 7 heterocycles. The molecule has 1 aliphatic carbocycles. The monoisotopic (exact) mass is 892 g/mol. The van der Waals surface area contributed by atoms with E-state index in [-0.39, 0.29) is 53.9 Å². The number of amides is 2. The summed E-state index contributed by atoms with van der Waals surface area (Å²) in [6.45, 7) is 11.6. The van der Waals surface area contributed by atoms with E-state index in [0.29, 0.717) is 34.2 Å². The van der Waals surface area contributed by atoms with Crippen LogP contribution in [-0.2, 0) is 15.1 Å². The SMILES string of the molecule is Cc1ncsc1-c1ccc([C@H](C)NC(=O)[C@@H]2C[C@@H](O)CN2C(=O)[C@@H](c2cc(-c3cnc(N4CC[C@H](c5cc6nnc(-c7ccccc7O)cc6n5C5(C)CC5)C4)nc3)no2)C(C)C)cc1. The molecule has 7 aromatic rings. The van der Waals surface area contributed by atoms with E-state index in [4.69, 9.17) is 14.5 Å². The first kappa shape index (κ1) is 42.4. The molecule has 3 fully saturated rings. The molecule has 5 atom stereocenters. The molecule has 10 rings (SSSR count). The van der Waals surface area contributed by atoms with Gasteiger partial charge in [0.1, 0.15) is 34.7 Å². The number of β-amino-alcohol motifs (C(OH)–C–C–N with tert-alkyl or cyclic N) is 1. The third-order valence-electron chi connectivity index (χ3n) is 13.5. The molecule has 2 saturated heterocycles. The van der Waals surface area contributed by atoms with Gasteiger partial charge < -0.3 is 34.4 Å². The van der Waals surface area contributed by atoms with Crippen LogP contribution in [0.2, 0.25) is 0 Å². The molecule has 2 amide bonds. The predicted molar refractivity (Wildman–Crippen MR) is 247 cm³/mol. The van der Waals surface area contributed by atoms with Gasteiger partial charge in [0.05, 0.1) is 39.4 Å². The fourth-order valence-electron chi connectivity index (χ4n) is 9.63. The fraction of sp³-hybridized carbons (Fsp3) is 0.388. The number of aryl methyl sites for hydroxylation is 1. The number of aliphatic hydroxyl groups is 1. The molecule has 1 saturated carbocycles. The Kier molecular flexibility index (Phi) is 11.0. The first-order valence-corrected chi connectivity index (χ1v) is 23.2. The lowest BCUT2D eigenvalue weighted by atomic mass is 9.91. The van der Waals surface area contributed by atoms with Crippen molar-refractivity contribution < 1.29 is 24.3 Å². The number of hydrogen-bond acceptors (Lipinski definition) is 13. The Morgan fingerprint density at radius 1 is 0.938 bits per heavy atom. The van der Waals surface area contributed by atoms with E-state index in [1.807, 2.05) is 69.6 Å². The van der Waals surface area contributed by atoms with Crippen LogP contribution in [0, 0.1) is 12.8 Å². The number of aromatic hydroxyl groups is 1. The number of aliphatic hydroxyl groups excluding tert-OH is 1. The van der Waals surface area contributed by atoms with Crippen molar-refractivity contribution in [1.82, 2.24) is 45.1 Å². The average Bonchev–Trinajstić information content (AvgIpc) is 3.96. The molecule has 0 bridgehead atoms. The predicted octanol–water partition coefficient (Wildman–Crippen LogP) is 7.76. The Hall–Kier alpha value is -6.52. The maximum atomic E-state index is 14.4. The summed E-state index contributed by atoms with van der Waals surface area (Å²) in [6, 6.07) is 20.1. The minimum Gasteiger partial charge on any atom is -0.507 e. The van der Waals surface area contributed by atoms with Crippen LogP contribution in [0.25, 0.3) is 44.0 Å². The summed E-state index contributed by atoms with van der Waals surface area (Å²) in [5.41, 5.74) is 10.3. The number of likely N-dealkylation sites (tertiary alicyclic amines) is 1. The molecule has 65 heavy (non-hydrogen) atoms. The summed E-state index contributed by atoms with van der Waals surface area (Å²) >= 11 is 1.59. The van der Waals surface area contributed by atoms with E-state index in [0.717, 1.165) is 65.1 Å². The van der Waals surface area contributed by atoms with Crippen LogP contribution in [-0.4, -0.2) is 93.6 Å². The first-order chi connectivity index (χ1) is 31.3. The average molecular weight is 893 g/mol. The second-order valence-corrected chi connectivity index (χ2v) is 19.3. The maximum absolute atomic E-state index is 14.4. The lowest BCUT2D eigenvalue weighted by Gasteiger charge is -2.29. The molecule has 3 aliphatic rings. The number of hydrogen-bond donors (Lipinski definition) is 3. The van der Waals surface area contributed by atoms with Crippen molar-refractivity contribution in [1.29, 1.82) is 0 Å². The zero-order chi connectivity index (χ0) is 45.1. The highest BCUT2D eigenvalue weighted by molar-refractivity contribution is 7.13. The number of para-hydroxylation sites is 1. The lowest BCUT2D eigenvalue weighted by molar-refractivity contribution is -0.141. The Balaban J connectivity index is 0.814. The van der Waals surface area contributed by atoms with Crippen molar-refractivity contribution >= 4 is 40.1 Å². The highest BCUT2D eigenvalue weighted by atomic mass is 32.1. The molecule has 15 nitrogen and oxygen atoms in total. The molecule has 5 aromatic heterocycles. The standard InChI is InChI=1S/C49H52N10O5S/c1-27(2)44(47(63)58-25-34(60)18-41(58)46(62)53-28(3)30-10-12-31(13-11-30)45-29(4)52-26-65-45)43-21-36(56-64-43)33-22-50-48(51-23-33)57-17-14-32(24-57)39-20-38-40(59(39)49(5)15-16-49)19-37(54-55-38)35-8-6-7-9-42(35)61/h6-13,19-23,26-28,32,34,41,44,60-61H,14-18,24-25H2,1-5H3,(H,53,62)/t28-,32-,34+,41-,44+/m0/s1. The molecule has 2 aromatic carbocycles. The van der Waals surface area contributed by atoms with Crippen LogP contribution >= 0.6 is 11.3 Å². The number of nitrogens with zero attached hydrogens (tertiary/aromatic N) is 9. The van der Waals surface area contributed by atoms with Crippen molar-refractivity contribution in [3.05, 3.63) is 107 Å². The number of aromatic nitrogens is 7. The van der Waals surface area contributed by atoms with Gasteiger partial charge in [-0.3, -0.25) is 9.59 Å². The Bertz CT molecular complexity index is 2890. The Morgan fingerprint density at radius 3 is 2.42 bits per heavy atom. The topological polar surface area (TPSA) is 189 Å². The Morgan fingerprint density at radius 2 is 1.71 bits per heavy atom. The van der Waals surface area contributed by atoms with Gasteiger partial charge in [-0.15, -0.1) is 21.5 Å². The van der Waals surface area contributed by atoms with Gasteiger partial charge in [0.15, 0.2) is 0 Å². The van der Waals surface area contributed by atoms with Gasteiger partial charge in [0, 0.05) is 72.8 Å². The molecular weight excluding hydrogens is 841 g/mol. The van der Waals surface area contributed by atoms with E-state index in [1.54, 1.807) is 41.9 Å². The fourth-order valence-corrected chi connectivity index (χ4v) is 10.4. The molecule has 3 N–H and O–H groups in total. The van der Waals surface area contributed by atoms with Gasteiger partial charge in [-0.1, -0.05) is 55.4 Å². The van der Waals surface area contributed by atoms with Crippen LogP contribution in [0.15, 0.2) is 89.2 Å². The van der Waals surface area contributed by atoms with Gasteiger partial charge in [0.2, 0.25) is 17.8 Å². The number of rotatable bonds is 12. The van der Waals surface area contributed by atoms with Crippen molar-refractivity contribution in [3.8, 4) is 38.7 Å². The number of nitrogens with one attached hydrogen (secondary N) is 1. The van der Waals surface area contributed by atoms with Gasteiger partial charge in [-0.2, -0.15) is 0 Å². The number of phenolic OH excluding ortho intramolecular Hbond substituents is 1. The minimum atomic E-state index is -0.842. The second kappa shape index (κ2) is 16.8. The van der Waals surface area contributed by atoms with Gasteiger partial charge >= 0.3 is 0 Å². The summed E-state index contributed by atoms with van der Waals surface area (Å²) in [4.78, 5) is 46.8. The number of fused-ring (bicyclic) bond motifs is 1. The van der Waals surface area contributed by atoms with Crippen LogP contribution in [0.1, 0.15) is 94.0 Å². The third kappa shape index (κ3) is 8.03. The summed E-state index contributed by atoms with van der Waals surface area (Å²) in [5, 5.41) is 37.8. The van der Waals surface area contributed by atoms with Crippen molar-refractivity contribution in [2.75, 3.05) is 24.5 Å². The molecule has 334 valence electrons. The molecule has 2 aliphatic heterocycles. The summed E-state index contributed by atoms with van der Waals surface area (Å²) in [6.07, 6.45) is 5.85. The molecule has 0 unspecified atom stereocenters. The van der Waals surface area contributed by atoms with Gasteiger partial charge in [-0.05, 0) is 81.3 Å². The number of carbonyl (C=O) groups is 2. The lowest BCUT2D eigenvalue weighted by Crippen LogP contribution is -2.48. The smallest absolute Gasteiger partial charge is 0.243 e. The number of carbonyl (C=O) groups excluding carboxylic acids is 2. The van der Waals surface area contributed by atoms with Gasteiger partial charge in [-0.25, -0.2) is 15.0 Å². The van der Waals surface area contributed by atoms with E-state index in [9.17, 15) is 19.8 Å². The van der Waals surface area contributed by atoms with Crippen molar-refractivity contribution in [3.63, 3.8) is 0 Å². The zero-order valence-electron chi connectivity index (χ0n) is 37.0. The quantitative estimate of drug-likeness (QED) is 0.108. The number of phenols is 1. The van der Waals surface area contributed by atoms with E-state index in [1.165, 1.54) is 10.6 Å². The van der Waals surface area contributed by atoms with Crippen molar-refractivity contribution in [2.24, 2.45) is 5.92 Å².